The molecule has 0 radical (unpaired) electrons. The summed E-state index contributed by atoms with van der Waals surface area (Å²) in [5.41, 5.74) is 10.5. The van der Waals surface area contributed by atoms with Gasteiger partial charge in [0.2, 0.25) is 5.91 Å². The fourth-order valence-electron chi connectivity index (χ4n) is 2.86. The lowest BCUT2D eigenvalue weighted by Gasteiger charge is -2.16. The predicted octanol–water partition coefficient (Wildman–Crippen LogP) is 3.49. The van der Waals surface area contributed by atoms with Gasteiger partial charge in [0.05, 0.1) is 0 Å². The first kappa shape index (κ1) is 16.7. The summed E-state index contributed by atoms with van der Waals surface area (Å²) in [5.74, 6) is 0.249. The Hall–Kier alpha value is -2.62. The van der Waals surface area contributed by atoms with Crippen molar-refractivity contribution in [3.63, 3.8) is 0 Å². The van der Waals surface area contributed by atoms with Crippen LogP contribution in [0, 0.1) is 20.8 Å². The minimum atomic E-state index is -0.465. The lowest BCUT2D eigenvalue weighted by molar-refractivity contribution is 0.0996. The van der Waals surface area contributed by atoms with Crippen LogP contribution in [0.3, 0.4) is 0 Å². The molecule has 0 bridgehead atoms. The minimum absolute atomic E-state index is 0.0621. The molecule has 4 nitrogen and oxygen atoms in total. The molecule has 2 aromatic rings. The van der Waals surface area contributed by atoms with Crippen LogP contribution in [0.5, 0.6) is 5.75 Å². The van der Waals surface area contributed by atoms with Crippen molar-refractivity contribution in [1.82, 2.24) is 0 Å². The summed E-state index contributed by atoms with van der Waals surface area (Å²) in [5, 5.41) is 0. The van der Waals surface area contributed by atoms with Gasteiger partial charge < -0.3 is 10.5 Å². The summed E-state index contributed by atoms with van der Waals surface area (Å²) in [4.78, 5) is 22.9. The van der Waals surface area contributed by atoms with Gasteiger partial charge in [-0.25, -0.2) is 0 Å². The SMILES string of the molecule is CC(=O)c1c(C)cc(C)c(COc2ccc(C(N)=O)cc2)c1C. The van der Waals surface area contributed by atoms with Crippen molar-refractivity contribution in [2.24, 2.45) is 5.73 Å². The van der Waals surface area contributed by atoms with E-state index < -0.39 is 5.91 Å². The zero-order chi connectivity index (χ0) is 17.1. The van der Waals surface area contributed by atoms with Gasteiger partial charge in [-0.15, -0.1) is 0 Å². The van der Waals surface area contributed by atoms with E-state index in [0.717, 1.165) is 27.8 Å². The summed E-state index contributed by atoms with van der Waals surface area (Å²) in [6.45, 7) is 7.86. The Labute approximate surface area is 136 Å². The molecule has 2 rings (SSSR count). The fourth-order valence-corrected chi connectivity index (χ4v) is 2.86. The molecule has 0 saturated carbocycles. The Kier molecular flexibility index (Phi) is 4.84. The van der Waals surface area contributed by atoms with Gasteiger partial charge in [-0.1, -0.05) is 6.07 Å². The first-order chi connectivity index (χ1) is 10.8. The molecule has 0 aliphatic rings. The Morgan fingerprint density at radius 3 is 2.17 bits per heavy atom. The maximum Gasteiger partial charge on any atom is 0.248 e. The lowest BCUT2D eigenvalue weighted by atomic mass is 9.92. The Morgan fingerprint density at radius 1 is 1.04 bits per heavy atom. The van der Waals surface area contributed by atoms with Crippen LogP contribution in [0.1, 0.15) is 49.9 Å². The van der Waals surface area contributed by atoms with E-state index in [1.165, 1.54) is 0 Å². The maximum absolute atomic E-state index is 11.8. The summed E-state index contributed by atoms with van der Waals surface area (Å²) < 4.78 is 5.80. The molecule has 0 aromatic heterocycles. The third-order valence-corrected chi connectivity index (χ3v) is 4.01. The van der Waals surface area contributed by atoms with Gasteiger partial charge in [-0.2, -0.15) is 0 Å². The summed E-state index contributed by atoms with van der Waals surface area (Å²) >= 11 is 0. The van der Waals surface area contributed by atoms with Gasteiger partial charge >= 0.3 is 0 Å². The number of aryl methyl sites for hydroxylation is 2. The van der Waals surface area contributed by atoms with Gasteiger partial charge in [0.15, 0.2) is 5.78 Å². The number of hydrogen-bond donors (Lipinski definition) is 1. The number of carbonyl (C=O) groups excluding carboxylic acids is 2. The normalized spacial score (nSPS) is 10.4. The van der Waals surface area contributed by atoms with Gasteiger partial charge in [0.25, 0.3) is 0 Å². The molecule has 0 aliphatic carbocycles. The molecule has 0 saturated heterocycles. The monoisotopic (exact) mass is 311 g/mol. The van der Waals surface area contributed by atoms with Gasteiger partial charge in [0.1, 0.15) is 12.4 Å². The van der Waals surface area contributed by atoms with E-state index in [1.807, 2.05) is 26.8 Å². The van der Waals surface area contributed by atoms with E-state index >= 15 is 0 Å². The Bertz CT molecular complexity index is 761. The van der Waals surface area contributed by atoms with Crippen LogP contribution in [0.25, 0.3) is 0 Å². The van der Waals surface area contributed by atoms with Crippen LogP contribution in [0.2, 0.25) is 0 Å². The summed E-state index contributed by atoms with van der Waals surface area (Å²) in [6, 6.07) is 8.70. The van der Waals surface area contributed by atoms with Crippen molar-refractivity contribution in [3.8, 4) is 5.75 Å². The highest BCUT2D eigenvalue weighted by atomic mass is 16.5. The number of ketones is 1. The second-order valence-corrected chi connectivity index (χ2v) is 5.72. The molecule has 2 aromatic carbocycles. The average Bonchev–Trinajstić information content (AvgIpc) is 2.46. The standard InChI is InChI=1S/C19H21NO3/c1-11-9-12(2)18(14(4)21)13(3)17(11)10-23-16-7-5-15(6-8-16)19(20)22/h5-9H,10H2,1-4H3,(H2,20,22). The average molecular weight is 311 g/mol. The maximum atomic E-state index is 11.8. The molecule has 23 heavy (non-hydrogen) atoms. The highest BCUT2D eigenvalue weighted by Crippen LogP contribution is 2.24. The topological polar surface area (TPSA) is 69.4 Å². The van der Waals surface area contributed by atoms with Crippen LogP contribution in [-0.2, 0) is 6.61 Å². The van der Waals surface area contributed by atoms with Crippen LogP contribution in [-0.4, -0.2) is 11.7 Å². The highest BCUT2D eigenvalue weighted by molar-refractivity contribution is 5.97. The predicted molar refractivity (Wildman–Crippen MR) is 89.9 cm³/mol. The third-order valence-electron chi connectivity index (χ3n) is 4.01. The molecule has 0 fully saturated rings. The minimum Gasteiger partial charge on any atom is -0.489 e. The summed E-state index contributed by atoms with van der Waals surface area (Å²) in [6.07, 6.45) is 0. The fraction of sp³-hybridized carbons (Fsp3) is 0.263. The second kappa shape index (κ2) is 6.65. The molecular weight excluding hydrogens is 290 g/mol. The Balaban J connectivity index is 2.25. The van der Waals surface area contributed by atoms with Crippen LogP contribution in [0.4, 0.5) is 0 Å². The van der Waals surface area contributed by atoms with Crippen molar-refractivity contribution < 1.29 is 14.3 Å². The van der Waals surface area contributed by atoms with Crippen molar-refractivity contribution in [2.75, 3.05) is 0 Å². The van der Waals surface area contributed by atoms with E-state index in [2.05, 4.69) is 0 Å². The van der Waals surface area contributed by atoms with E-state index in [4.69, 9.17) is 10.5 Å². The smallest absolute Gasteiger partial charge is 0.248 e. The number of rotatable bonds is 5. The zero-order valence-corrected chi connectivity index (χ0v) is 13.9. The molecule has 0 spiro atoms. The zero-order valence-electron chi connectivity index (χ0n) is 13.9. The quantitative estimate of drug-likeness (QED) is 0.859. The third kappa shape index (κ3) is 3.59. The molecule has 0 aliphatic heterocycles. The van der Waals surface area contributed by atoms with E-state index in [9.17, 15) is 9.59 Å². The van der Waals surface area contributed by atoms with Crippen molar-refractivity contribution in [2.45, 2.75) is 34.3 Å². The molecule has 120 valence electrons. The van der Waals surface area contributed by atoms with Crippen molar-refractivity contribution in [1.29, 1.82) is 0 Å². The Morgan fingerprint density at radius 2 is 1.65 bits per heavy atom. The van der Waals surface area contributed by atoms with Crippen LogP contribution < -0.4 is 10.5 Å². The first-order valence-corrected chi connectivity index (χ1v) is 7.44. The largest absolute Gasteiger partial charge is 0.489 e. The van der Waals surface area contributed by atoms with Crippen molar-refractivity contribution in [3.05, 3.63) is 63.7 Å². The number of ether oxygens (including phenoxy) is 1. The number of amides is 1. The first-order valence-electron chi connectivity index (χ1n) is 7.44. The molecular formula is C19H21NO3. The van der Waals surface area contributed by atoms with Gasteiger partial charge in [-0.3, -0.25) is 9.59 Å². The van der Waals surface area contributed by atoms with E-state index in [-0.39, 0.29) is 5.78 Å². The molecule has 0 heterocycles. The van der Waals surface area contributed by atoms with Gasteiger partial charge in [0, 0.05) is 11.1 Å². The number of nitrogens with two attached hydrogens (primary N) is 1. The molecule has 0 atom stereocenters. The highest BCUT2D eigenvalue weighted by Gasteiger charge is 2.14. The number of Topliss-reactive ketones (excluding diaryl/α,β-unsaturated/α-hetero) is 1. The van der Waals surface area contributed by atoms with E-state index in [1.54, 1.807) is 31.2 Å². The van der Waals surface area contributed by atoms with Gasteiger partial charge in [-0.05, 0) is 74.2 Å². The number of primary amides is 1. The van der Waals surface area contributed by atoms with Crippen LogP contribution >= 0.6 is 0 Å². The van der Waals surface area contributed by atoms with Crippen LogP contribution in [0.15, 0.2) is 30.3 Å². The number of carbonyl (C=O) groups is 2. The number of hydrogen-bond acceptors (Lipinski definition) is 3. The molecule has 0 unspecified atom stereocenters. The molecule has 1 amide bonds. The molecule has 2 N–H and O–H groups in total. The number of benzene rings is 2. The van der Waals surface area contributed by atoms with E-state index in [0.29, 0.717) is 17.9 Å². The molecule has 4 heteroatoms. The lowest BCUT2D eigenvalue weighted by Crippen LogP contribution is -2.10. The summed E-state index contributed by atoms with van der Waals surface area (Å²) in [7, 11) is 0. The second-order valence-electron chi connectivity index (χ2n) is 5.72. The van der Waals surface area contributed by atoms with Crippen molar-refractivity contribution >= 4 is 11.7 Å².